The Morgan fingerprint density at radius 1 is 1.00 bits per heavy atom. The first kappa shape index (κ1) is 62.2. The van der Waals surface area contributed by atoms with Crippen molar-refractivity contribution in [1.82, 2.24) is 6.15 Å². The minimum atomic E-state index is 0. The number of hydrogen-bond donors (Lipinski definition) is 1. The first-order valence-corrected chi connectivity index (χ1v) is 0. The van der Waals surface area contributed by atoms with Gasteiger partial charge in [-0.05, 0) is 0 Å². The van der Waals surface area contributed by atoms with Gasteiger partial charge in [0.05, 0.1) is 0 Å². The van der Waals surface area contributed by atoms with E-state index in [0.717, 1.165) is 0 Å². The fourth-order valence-corrected chi connectivity index (χ4v) is 0. The van der Waals surface area contributed by atoms with E-state index >= 15 is 0 Å². The van der Waals surface area contributed by atoms with Crippen molar-refractivity contribution >= 4 is 0 Å². The van der Waals surface area contributed by atoms with Crippen LogP contribution in [-0.4, -0.2) is 0 Å². The summed E-state index contributed by atoms with van der Waals surface area (Å²) in [6.45, 7) is 0. The third-order valence-corrected chi connectivity index (χ3v) is 0. The Labute approximate surface area is 73.6 Å². The van der Waals surface area contributed by atoms with Gasteiger partial charge >= 0.3 is 0 Å². The average Bonchev–Trinajstić information content (AvgIpc) is 0. The molecule has 0 saturated carbocycles. The molecule has 2 radical (unpaired) electrons. The van der Waals surface area contributed by atoms with Gasteiger partial charge in [-0.2, -0.15) is 0 Å². The number of rotatable bonds is 0. The van der Waals surface area contributed by atoms with Gasteiger partial charge in [-0.15, -0.1) is 0 Å². The molecule has 5 heavy (non-hydrogen) atoms. The zero-order chi connectivity index (χ0) is 0. The molecule has 0 heterocycles. The fourth-order valence-electron chi connectivity index (χ4n) is 0. The van der Waals surface area contributed by atoms with Gasteiger partial charge in [0.2, 0.25) is 0 Å². The summed E-state index contributed by atoms with van der Waals surface area (Å²) in [5, 5.41) is 0. The molecule has 0 amide bonds. The van der Waals surface area contributed by atoms with Crippen LogP contribution in [-0.2, 0) is 68.0 Å². The second-order valence-electron chi connectivity index (χ2n) is 0. The molecule has 0 aliphatic carbocycles. The van der Waals surface area contributed by atoms with Gasteiger partial charge < -0.3 is 6.15 Å². The molecule has 0 spiro atoms. The van der Waals surface area contributed by atoms with Crippen LogP contribution >= 0.6 is 0 Å². The first-order chi connectivity index (χ1) is 0. The van der Waals surface area contributed by atoms with Crippen molar-refractivity contribution in [2.45, 2.75) is 0 Å². The summed E-state index contributed by atoms with van der Waals surface area (Å²) in [6.07, 6.45) is 0. The maximum atomic E-state index is 0. The maximum absolute atomic E-state index is 0. The van der Waals surface area contributed by atoms with Crippen molar-refractivity contribution in [1.29, 1.82) is 0 Å². The van der Waals surface area contributed by atoms with E-state index in [1.165, 1.54) is 0 Å². The van der Waals surface area contributed by atoms with Crippen LogP contribution in [0.3, 0.4) is 0 Å². The van der Waals surface area contributed by atoms with Gasteiger partial charge in [-0.1, -0.05) is 0 Å². The van der Waals surface area contributed by atoms with Crippen LogP contribution in [0.5, 0.6) is 0 Å². The summed E-state index contributed by atoms with van der Waals surface area (Å²) >= 11 is 0. The normalized spacial score (nSPS) is 0. The second kappa shape index (κ2) is 37.1. The van der Waals surface area contributed by atoms with Gasteiger partial charge in [0, 0.05) is 68.0 Å². The molecule has 0 aliphatic rings. The van der Waals surface area contributed by atoms with E-state index in [1.54, 1.807) is 0 Å². The molecule has 0 aromatic heterocycles. The predicted molar refractivity (Wildman–Crippen MR) is 5.02 cm³/mol. The van der Waals surface area contributed by atoms with E-state index in [0.29, 0.717) is 0 Å². The molecule has 42 valence electrons. The fraction of sp³-hybridized carbons (Fsp3) is 0. The van der Waals surface area contributed by atoms with Crippen LogP contribution in [0.2, 0.25) is 0 Å². The monoisotopic (exact) mass is 245 g/mol. The van der Waals surface area contributed by atoms with E-state index in [1.807, 2.05) is 0 Å². The van der Waals surface area contributed by atoms with E-state index in [4.69, 9.17) is 0 Å². The molecular weight excluding hydrogens is 243 g/mol. The summed E-state index contributed by atoms with van der Waals surface area (Å²) in [7, 11) is 0. The van der Waals surface area contributed by atoms with Crippen LogP contribution in [0.25, 0.3) is 0 Å². The molecule has 5 heteroatoms. The Kier molecular flexibility index (Phi) is 461. The van der Waals surface area contributed by atoms with Crippen LogP contribution in [0.15, 0.2) is 0 Å². The minimum Gasteiger partial charge on any atom is -0.344 e. The zero-order valence-corrected chi connectivity index (χ0v) is 6.50. The summed E-state index contributed by atoms with van der Waals surface area (Å²) < 4.78 is 0. The average molecular weight is 246 g/mol. The Bertz CT molecular complexity index is 11.6. The molecule has 3 N–H and O–H groups in total. The molecule has 1 nitrogen and oxygen atoms in total. The Balaban J connectivity index is 0. The Morgan fingerprint density at radius 3 is 1.00 bits per heavy atom. The molecule has 0 bridgehead atoms. The molecule has 0 rings (SSSR count). The van der Waals surface area contributed by atoms with Crippen molar-refractivity contribution in [2.75, 3.05) is 0 Å². The molecule has 0 aromatic carbocycles. The quantitative estimate of drug-likeness (QED) is 0.607. The van der Waals surface area contributed by atoms with Crippen molar-refractivity contribution in [3.8, 4) is 0 Å². The standard InChI is InChI=1S/Cr.Cu.Mn.H3N.Ni/h;;;1H3;. The minimum absolute atomic E-state index is 0. The van der Waals surface area contributed by atoms with E-state index in [-0.39, 0.29) is 74.1 Å². The summed E-state index contributed by atoms with van der Waals surface area (Å²) in [5.74, 6) is 0. The summed E-state index contributed by atoms with van der Waals surface area (Å²) in [5.41, 5.74) is 0. The SMILES string of the molecule is N.[Cr].[Cu].[Mn].[Ni]. The first-order valence-electron chi connectivity index (χ1n) is 0. The molecule has 0 atom stereocenters. The van der Waals surface area contributed by atoms with E-state index in [2.05, 4.69) is 0 Å². The largest absolute Gasteiger partial charge is 0.344 e. The molecule has 0 aromatic rings. The number of hydrogen-bond acceptors (Lipinski definition) is 1. The van der Waals surface area contributed by atoms with Gasteiger partial charge in [-0.25, -0.2) is 0 Å². The van der Waals surface area contributed by atoms with Crippen LogP contribution in [0.1, 0.15) is 0 Å². The molecule has 0 saturated heterocycles. The Morgan fingerprint density at radius 2 is 1.00 bits per heavy atom. The summed E-state index contributed by atoms with van der Waals surface area (Å²) in [4.78, 5) is 0. The van der Waals surface area contributed by atoms with Gasteiger partial charge in [0.15, 0.2) is 0 Å². The van der Waals surface area contributed by atoms with Crippen LogP contribution in [0.4, 0.5) is 0 Å². The summed E-state index contributed by atoms with van der Waals surface area (Å²) in [6, 6.07) is 0. The van der Waals surface area contributed by atoms with Gasteiger partial charge in [0.25, 0.3) is 0 Å². The van der Waals surface area contributed by atoms with Crippen molar-refractivity contribution < 1.29 is 68.0 Å². The van der Waals surface area contributed by atoms with Crippen LogP contribution < -0.4 is 6.15 Å². The van der Waals surface area contributed by atoms with Crippen molar-refractivity contribution in [3.63, 3.8) is 0 Å². The van der Waals surface area contributed by atoms with Crippen molar-refractivity contribution in [3.05, 3.63) is 0 Å². The zero-order valence-electron chi connectivity index (χ0n) is 2.11. The molecule has 0 unspecified atom stereocenters. The van der Waals surface area contributed by atoms with Gasteiger partial charge in [-0.3, -0.25) is 0 Å². The van der Waals surface area contributed by atoms with E-state index in [9.17, 15) is 0 Å². The molecule has 0 aliphatic heterocycles. The molecular formula is H3CrCuMnNNi. The third-order valence-electron chi connectivity index (χ3n) is 0. The Hall–Kier alpha value is 2.02. The van der Waals surface area contributed by atoms with E-state index < -0.39 is 0 Å². The predicted octanol–water partition coefficient (Wildman–Crippen LogP) is 0.152. The van der Waals surface area contributed by atoms with Crippen LogP contribution in [0, 0.1) is 0 Å². The van der Waals surface area contributed by atoms with Crippen molar-refractivity contribution in [2.24, 2.45) is 0 Å². The second-order valence-corrected chi connectivity index (χ2v) is 0. The topological polar surface area (TPSA) is 35.0 Å². The smallest absolute Gasteiger partial charge is 0 e. The third kappa shape index (κ3) is 23.8. The van der Waals surface area contributed by atoms with Gasteiger partial charge in [0.1, 0.15) is 0 Å². The molecule has 0 fully saturated rings. The maximum Gasteiger partial charge on any atom is 0 e.